The number of carbonyl (C=O) groups is 1. The summed E-state index contributed by atoms with van der Waals surface area (Å²) in [6.45, 7) is 2.78. The molecule has 0 aliphatic heterocycles. The number of carbonyl (C=O) groups excluding carboxylic acids is 1. The fraction of sp³-hybridized carbons (Fsp3) is 0.261. The number of rotatable bonds is 9. The van der Waals surface area contributed by atoms with Crippen LogP contribution in [0.5, 0.6) is 0 Å². The van der Waals surface area contributed by atoms with Crippen molar-refractivity contribution < 1.29 is 31.1 Å². The molecule has 0 saturated carbocycles. The number of ketones is 1. The molecule has 12 heteroatoms. The number of allylic oxidation sites excluding steroid dienone is 2. The Kier molecular flexibility index (Phi) is 10.2. The minimum absolute atomic E-state index is 0.0415. The maximum absolute atomic E-state index is 13.7. The fourth-order valence-electron chi connectivity index (χ4n) is 2.96. The average molecular weight is 624 g/mol. The number of hydrogen-bond donors (Lipinski definition) is 1. The van der Waals surface area contributed by atoms with Gasteiger partial charge in [0.15, 0.2) is 5.78 Å². The minimum Gasteiger partial charge on any atom is -0.382 e. The van der Waals surface area contributed by atoms with Gasteiger partial charge in [-0.1, -0.05) is 75.5 Å². The van der Waals surface area contributed by atoms with E-state index in [2.05, 4.69) is 27.8 Å². The van der Waals surface area contributed by atoms with Crippen LogP contribution < -0.4 is 5.32 Å². The molecule has 1 atom stereocenters. The van der Waals surface area contributed by atoms with Crippen LogP contribution in [-0.2, 0) is 0 Å². The number of alkyl halides is 6. The number of halogens is 10. The molecule has 0 fully saturated rings. The van der Waals surface area contributed by atoms with Crippen molar-refractivity contribution in [2.75, 3.05) is 6.54 Å². The molecule has 2 aromatic carbocycles. The van der Waals surface area contributed by atoms with E-state index < -0.39 is 24.0 Å². The highest BCUT2D eigenvalue weighted by atomic mass is 79.9. The molecule has 1 N–H and O–H groups in total. The predicted molar refractivity (Wildman–Crippen MR) is 130 cm³/mol. The summed E-state index contributed by atoms with van der Waals surface area (Å²) in [5, 5.41) is 1.84. The van der Waals surface area contributed by atoms with Crippen LogP contribution in [0, 0.1) is 0 Å². The van der Waals surface area contributed by atoms with Gasteiger partial charge in [-0.3, -0.25) is 4.79 Å². The number of Topliss-reactive ketones (excluding diaryl/α,β-unsaturated/α-hetero) is 1. The Hall–Kier alpha value is -1.68. The lowest BCUT2D eigenvalue weighted by molar-refractivity contribution is -0.139. The lowest BCUT2D eigenvalue weighted by atomic mass is 9.96. The summed E-state index contributed by atoms with van der Waals surface area (Å²) in [7, 11) is 0. The molecule has 2 aromatic rings. The predicted octanol–water partition coefficient (Wildman–Crippen LogP) is 9.40. The standard InChI is InChI=1S/C23H17BrCl3F6NO/c1-12(22(28,29)30)34-8-2-3-20(35)15-6-4-13(9-17(15)24)5-7-16(23(31,32)33)14-10-18(25)21(27)19(26)11-14/h4-7,9-11,16,34H,1-3,8H2/b7-5+. The molecule has 0 radical (unpaired) electrons. The van der Waals surface area contributed by atoms with Crippen molar-refractivity contribution in [3.63, 3.8) is 0 Å². The third kappa shape index (κ3) is 8.44. The van der Waals surface area contributed by atoms with E-state index in [1.54, 1.807) is 0 Å². The molecule has 0 saturated heterocycles. The van der Waals surface area contributed by atoms with Gasteiger partial charge in [0.05, 0.1) is 21.0 Å². The van der Waals surface area contributed by atoms with E-state index in [1.807, 2.05) is 0 Å². The van der Waals surface area contributed by atoms with Gasteiger partial charge in [-0.05, 0) is 41.8 Å². The van der Waals surface area contributed by atoms with Crippen LogP contribution in [0.3, 0.4) is 0 Å². The molecule has 0 aromatic heterocycles. The first-order valence-electron chi connectivity index (χ1n) is 9.83. The van der Waals surface area contributed by atoms with Crippen LogP contribution >= 0.6 is 50.7 Å². The Morgan fingerprint density at radius 2 is 1.66 bits per heavy atom. The Balaban J connectivity index is 2.12. The van der Waals surface area contributed by atoms with Crippen molar-refractivity contribution in [1.82, 2.24) is 5.32 Å². The van der Waals surface area contributed by atoms with E-state index in [9.17, 15) is 31.1 Å². The summed E-state index contributed by atoms with van der Waals surface area (Å²) in [6.07, 6.45) is -6.95. The average Bonchev–Trinajstić information content (AvgIpc) is 2.73. The topological polar surface area (TPSA) is 29.1 Å². The fourth-order valence-corrected chi connectivity index (χ4v) is 4.19. The molecule has 2 rings (SSSR count). The SMILES string of the molecule is C=C(NCCCC(=O)c1ccc(/C=C/C(c2cc(Cl)c(Cl)c(Cl)c2)C(F)(F)F)cc1Br)C(F)(F)F. The van der Waals surface area contributed by atoms with Gasteiger partial charge in [0, 0.05) is 23.0 Å². The molecule has 0 heterocycles. The van der Waals surface area contributed by atoms with Gasteiger partial charge in [0.2, 0.25) is 0 Å². The summed E-state index contributed by atoms with van der Waals surface area (Å²) in [5.74, 6) is -2.36. The molecule has 0 aliphatic rings. The second-order valence-corrected chi connectivity index (χ2v) is 9.39. The first-order chi connectivity index (χ1) is 16.1. The van der Waals surface area contributed by atoms with E-state index in [0.717, 1.165) is 18.2 Å². The number of hydrogen-bond acceptors (Lipinski definition) is 2. The van der Waals surface area contributed by atoms with Gasteiger partial charge in [0.25, 0.3) is 0 Å². The smallest absolute Gasteiger partial charge is 0.382 e. The van der Waals surface area contributed by atoms with Gasteiger partial charge in [-0.15, -0.1) is 0 Å². The maximum Gasteiger partial charge on any atom is 0.430 e. The van der Waals surface area contributed by atoms with Crippen LogP contribution in [-0.4, -0.2) is 24.7 Å². The second-order valence-electron chi connectivity index (χ2n) is 7.35. The van der Waals surface area contributed by atoms with Crippen molar-refractivity contribution >= 4 is 62.6 Å². The van der Waals surface area contributed by atoms with E-state index in [1.165, 1.54) is 24.3 Å². The first-order valence-corrected chi connectivity index (χ1v) is 11.8. The van der Waals surface area contributed by atoms with Crippen molar-refractivity contribution in [2.24, 2.45) is 0 Å². The zero-order valence-electron chi connectivity index (χ0n) is 17.6. The Morgan fingerprint density at radius 3 is 2.17 bits per heavy atom. The number of benzene rings is 2. The van der Waals surface area contributed by atoms with Crippen LogP contribution in [0.2, 0.25) is 15.1 Å². The van der Waals surface area contributed by atoms with Gasteiger partial charge >= 0.3 is 12.4 Å². The summed E-state index contributed by atoms with van der Waals surface area (Å²) in [4.78, 5) is 12.4. The van der Waals surface area contributed by atoms with Gasteiger partial charge in [-0.25, -0.2) is 0 Å². The van der Waals surface area contributed by atoms with E-state index >= 15 is 0 Å². The van der Waals surface area contributed by atoms with Crippen molar-refractivity contribution in [3.8, 4) is 0 Å². The highest BCUT2D eigenvalue weighted by Crippen LogP contribution is 2.41. The second kappa shape index (κ2) is 12.0. The molecule has 0 aliphatic carbocycles. The Labute approximate surface area is 221 Å². The monoisotopic (exact) mass is 621 g/mol. The number of nitrogens with one attached hydrogen (secondary N) is 1. The zero-order valence-corrected chi connectivity index (χ0v) is 21.5. The summed E-state index contributed by atoms with van der Waals surface area (Å²) >= 11 is 20.8. The maximum atomic E-state index is 13.7. The van der Waals surface area contributed by atoms with Crippen LogP contribution in [0.1, 0.15) is 40.2 Å². The van der Waals surface area contributed by atoms with Gasteiger partial charge < -0.3 is 5.32 Å². The summed E-state index contributed by atoms with van der Waals surface area (Å²) in [6, 6.07) is 6.52. The molecule has 0 bridgehead atoms. The lowest BCUT2D eigenvalue weighted by Gasteiger charge is -2.18. The summed E-state index contributed by atoms with van der Waals surface area (Å²) in [5.41, 5.74) is -0.666. The lowest BCUT2D eigenvalue weighted by Crippen LogP contribution is -2.26. The quantitative estimate of drug-likeness (QED) is 0.131. The summed E-state index contributed by atoms with van der Waals surface area (Å²) < 4.78 is 78.6. The van der Waals surface area contributed by atoms with Crippen LogP contribution in [0.25, 0.3) is 6.08 Å². The van der Waals surface area contributed by atoms with Crippen molar-refractivity contribution in [3.05, 3.63) is 84.9 Å². The zero-order chi connectivity index (χ0) is 26.6. The highest BCUT2D eigenvalue weighted by molar-refractivity contribution is 9.10. The van der Waals surface area contributed by atoms with Crippen LogP contribution in [0.4, 0.5) is 26.3 Å². The van der Waals surface area contributed by atoms with E-state index in [0.29, 0.717) is 10.0 Å². The molecule has 190 valence electrons. The molecule has 2 nitrogen and oxygen atoms in total. The van der Waals surface area contributed by atoms with Crippen molar-refractivity contribution in [1.29, 1.82) is 0 Å². The van der Waals surface area contributed by atoms with Gasteiger partial charge in [0.1, 0.15) is 5.70 Å². The Bertz CT molecular complexity index is 1110. The van der Waals surface area contributed by atoms with Gasteiger partial charge in [-0.2, -0.15) is 26.3 Å². The van der Waals surface area contributed by atoms with E-state index in [-0.39, 0.29) is 51.4 Å². The molecular formula is C23H17BrCl3F6NO. The Morgan fingerprint density at radius 1 is 1.06 bits per heavy atom. The molecule has 35 heavy (non-hydrogen) atoms. The molecule has 0 amide bonds. The first kappa shape index (κ1) is 29.5. The molecular weight excluding hydrogens is 607 g/mol. The largest absolute Gasteiger partial charge is 0.430 e. The highest BCUT2D eigenvalue weighted by Gasteiger charge is 2.39. The normalized spacial score (nSPS) is 13.2. The minimum atomic E-state index is -4.64. The van der Waals surface area contributed by atoms with Crippen LogP contribution in [0.15, 0.2) is 53.2 Å². The van der Waals surface area contributed by atoms with Crippen molar-refractivity contribution in [2.45, 2.75) is 31.1 Å². The third-order valence-corrected chi connectivity index (χ3v) is 6.61. The molecule has 1 unspecified atom stereocenters. The third-order valence-electron chi connectivity index (χ3n) is 4.75. The molecule has 0 spiro atoms. The van der Waals surface area contributed by atoms with E-state index in [4.69, 9.17) is 34.8 Å².